The van der Waals surface area contributed by atoms with E-state index in [9.17, 15) is 18.7 Å². The van der Waals surface area contributed by atoms with Crippen molar-refractivity contribution in [1.82, 2.24) is 10.3 Å². The number of rotatable bonds is 6. The lowest BCUT2D eigenvalue weighted by atomic mass is 9.75. The third kappa shape index (κ3) is 3.07. The molecule has 1 saturated carbocycles. The molecule has 1 fully saturated rings. The molecule has 7 heteroatoms. The van der Waals surface area contributed by atoms with E-state index in [-0.39, 0.29) is 19.4 Å². The van der Waals surface area contributed by atoms with Crippen LogP contribution in [0.3, 0.4) is 0 Å². The van der Waals surface area contributed by atoms with Crippen LogP contribution < -0.4 is 5.32 Å². The van der Waals surface area contributed by atoms with E-state index in [1.54, 1.807) is 11.3 Å². The number of thiazole rings is 1. The van der Waals surface area contributed by atoms with Crippen molar-refractivity contribution in [2.45, 2.75) is 43.6 Å². The van der Waals surface area contributed by atoms with Crippen molar-refractivity contribution in [2.24, 2.45) is 0 Å². The Morgan fingerprint density at radius 1 is 1.39 bits per heavy atom. The molecule has 0 aliphatic heterocycles. The first-order valence-electron chi connectivity index (χ1n) is 7.65. The highest BCUT2D eigenvalue weighted by Crippen LogP contribution is 2.44. The molecule has 2 aromatic rings. The molecule has 1 aliphatic rings. The number of aromatic nitrogens is 1. The topological polar surface area (TPSA) is 62.2 Å². The highest BCUT2D eigenvalue weighted by molar-refractivity contribution is 7.18. The van der Waals surface area contributed by atoms with Gasteiger partial charge in [0.15, 0.2) is 0 Å². The summed E-state index contributed by atoms with van der Waals surface area (Å²) < 4.78 is 28.8. The highest BCUT2D eigenvalue weighted by atomic mass is 32.1. The minimum atomic E-state index is -3.72. The highest BCUT2D eigenvalue weighted by Gasteiger charge is 2.60. The van der Waals surface area contributed by atoms with Crippen LogP contribution in [0.1, 0.15) is 30.7 Å². The van der Waals surface area contributed by atoms with E-state index < -0.39 is 17.4 Å². The van der Waals surface area contributed by atoms with Crippen molar-refractivity contribution < 1.29 is 18.7 Å². The Morgan fingerprint density at radius 3 is 2.78 bits per heavy atom. The second-order valence-electron chi connectivity index (χ2n) is 5.89. The first-order chi connectivity index (χ1) is 10.9. The molecule has 4 nitrogen and oxygen atoms in total. The lowest BCUT2D eigenvalue weighted by molar-refractivity contribution is -0.215. The molecule has 1 aromatic carbocycles. The number of para-hydroxylation sites is 1. The monoisotopic (exact) mass is 340 g/mol. The van der Waals surface area contributed by atoms with E-state index in [2.05, 4.69) is 10.3 Å². The third-order valence-electron chi connectivity index (χ3n) is 4.24. The van der Waals surface area contributed by atoms with Crippen molar-refractivity contribution in [1.29, 1.82) is 0 Å². The van der Waals surface area contributed by atoms with Gasteiger partial charge in [0.05, 0.1) is 15.2 Å². The van der Waals surface area contributed by atoms with Crippen LogP contribution in [0.15, 0.2) is 24.3 Å². The van der Waals surface area contributed by atoms with Crippen LogP contribution in [0.5, 0.6) is 0 Å². The van der Waals surface area contributed by atoms with E-state index in [0.29, 0.717) is 19.3 Å². The van der Waals surface area contributed by atoms with Gasteiger partial charge in [0, 0.05) is 13.0 Å². The van der Waals surface area contributed by atoms with Crippen molar-refractivity contribution in [2.75, 3.05) is 6.54 Å². The fourth-order valence-corrected chi connectivity index (χ4v) is 3.63. The number of fused-ring (bicyclic) bond motifs is 1. The summed E-state index contributed by atoms with van der Waals surface area (Å²) in [6.45, 7) is 0.139. The van der Waals surface area contributed by atoms with Crippen LogP contribution in [-0.2, 0) is 11.2 Å². The number of nitrogens with zero attached hydrogens (tertiary/aromatic N) is 1. The lowest BCUT2D eigenvalue weighted by Crippen LogP contribution is -2.60. The fraction of sp³-hybridized carbons (Fsp3) is 0.500. The fourth-order valence-electron chi connectivity index (χ4n) is 2.62. The molecule has 124 valence electrons. The van der Waals surface area contributed by atoms with Gasteiger partial charge in [-0.15, -0.1) is 11.3 Å². The van der Waals surface area contributed by atoms with Gasteiger partial charge < -0.3 is 10.4 Å². The molecule has 0 unspecified atom stereocenters. The number of amides is 1. The normalized spacial score (nSPS) is 17.0. The number of halogens is 2. The molecule has 2 N–H and O–H groups in total. The molecule has 1 aromatic heterocycles. The summed E-state index contributed by atoms with van der Waals surface area (Å²) in [5.41, 5.74) is -1.24. The standard InChI is InChI=1S/C16H18F2N2O2S/c17-16(18,15(22)8-4-9-15)14(21)19-10-3-7-13-20-11-5-1-2-6-12(11)23-13/h1-2,5-6,22H,3-4,7-10H2,(H,19,21). The number of carbonyl (C=O) groups is 1. The molecule has 23 heavy (non-hydrogen) atoms. The minimum Gasteiger partial charge on any atom is -0.383 e. The Hall–Kier alpha value is -1.60. The van der Waals surface area contributed by atoms with Gasteiger partial charge in [0.1, 0.15) is 5.60 Å². The van der Waals surface area contributed by atoms with Crippen LogP contribution in [0, 0.1) is 0 Å². The molecule has 3 rings (SSSR count). The zero-order valence-electron chi connectivity index (χ0n) is 12.5. The predicted octanol–water partition coefficient (Wildman–Crippen LogP) is 2.90. The number of benzene rings is 1. The summed E-state index contributed by atoms with van der Waals surface area (Å²) in [5, 5.41) is 12.9. The van der Waals surface area contributed by atoms with Crippen molar-refractivity contribution >= 4 is 27.5 Å². The average Bonchev–Trinajstić information content (AvgIpc) is 2.91. The zero-order valence-corrected chi connectivity index (χ0v) is 13.3. The van der Waals surface area contributed by atoms with Crippen LogP contribution in [0.2, 0.25) is 0 Å². The van der Waals surface area contributed by atoms with Crippen LogP contribution >= 0.6 is 11.3 Å². The molecule has 1 aliphatic carbocycles. The SMILES string of the molecule is O=C(NCCCc1nc2ccccc2s1)C(F)(F)C1(O)CCC1. The van der Waals surface area contributed by atoms with Crippen molar-refractivity contribution in [3.8, 4) is 0 Å². The number of hydrogen-bond acceptors (Lipinski definition) is 4. The van der Waals surface area contributed by atoms with Gasteiger partial charge in [-0.05, 0) is 37.8 Å². The molecule has 1 amide bonds. The summed E-state index contributed by atoms with van der Waals surface area (Å²) >= 11 is 1.57. The zero-order chi connectivity index (χ0) is 16.5. The molecule has 0 atom stereocenters. The Kier molecular flexibility index (Phi) is 4.33. The van der Waals surface area contributed by atoms with Crippen LogP contribution in [0.25, 0.3) is 10.2 Å². The van der Waals surface area contributed by atoms with Gasteiger partial charge >= 0.3 is 5.92 Å². The molecular formula is C16H18F2N2O2S. The number of carbonyl (C=O) groups excluding carboxylic acids is 1. The molecule has 0 radical (unpaired) electrons. The lowest BCUT2D eigenvalue weighted by Gasteiger charge is -2.41. The summed E-state index contributed by atoms with van der Waals surface area (Å²) in [7, 11) is 0. The smallest absolute Gasteiger partial charge is 0.352 e. The van der Waals surface area contributed by atoms with Gasteiger partial charge in [0.25, 0.3) is 5.91 Å². The van der Waals surface area contributed by atoms with E-state index in [4.69, 9.17) is 0 Å². The van der Waals surface area contributed by atoms with Crippen LogP contribution in [-0.4, -0.2) is 34.1 Å². The molecule has 0 spiro atoms. The second-order valence-corrected chi connectivity index (χ2v) is 7.01. The summed E-state index contributed by atoms with van der Waals surface area (Å²) in [4.78, 5) is 16.1. The molecular weight excluding hydrogens is 322 g/mol. The van der Waals surface area contributed by atoms with E-state index in [1.807, 2.05) is 24.3 Å². The summed E-state index contributed by atoms with van der Waals surface area (Å²) in [5.74, 6) is -5.11. The van der Waals surface area contributed by atoms with E-state index in [0.717, 1.165) is 15.2 Å². The molecule has 0 bridgehead atoms. The number of hydrogen-bond donors (Lipinski definition) is 2. The van der Waals surface area contributed by atoms with Crippen LogP contribution in [0.4, 0.5) is 8.78 Å². The maximum atomic E-state index is 13.9. The third-order valence-corrected chi connectivity index (χ3v) is 5.34. The van der Waals surface area contributed by atoms with Gasteiger partial charge in [0.2, 0.25) is 0 Å². The molecule has 0 saturated heterocycles. The Bertz CT molecular complexity index is 680. The summed E-state index contributed by atoms with van der Waals surface area (Å²) in [6, 6.07) is 7.77. The van der Waals surface area contributed by atoms with Gasteiger partial charge in [-0.1, -0.05) is 12.1 Å². The van der Waals surface area contributed by atoms with Gasteiger partial charge in [-0.2, -0.15) is 8.78 Å². The van der Waals surface area contributed by atoms with Crippen molar-refractivity contribution in [3.63, 3.8) is 0 Å². The maximum absolute atomic E-state index is 13.9. The first kappa shape index (κ1) is 16.3. The van der Waals surface area contributed by atoms with Crippen molar-refractivity contribution in [3.05, 3.63) is 29.3 Å². The number of nitrogens with one attached hydrogen (secondary N) is 1. The summed E-state index contributed by atoms with van der Waals surface area (Å²) in [6.07, 6.45) is 1.62. The maximum Gasteiger partial charge on any atom is 0.352 e. The second kappa shape index (κ2) is 6.13. The Morgan fingerprint density at radius 2 is 2.13 bits per heavy atom. The predicted molar refractivity (Wildman–Crippen MR) is 84.7 cm³/mol. The molecule has 1 heterocycles. The quantitative estimate of drug-likeness (QED) is 0.795. The minimum absolute atomic E-state index is 0.0286. The first-order valence-corrected chi connectivity index (χ1v) is 8.47. The van der Waals surface area contributed by atoms with Gasteiger partial charge in [-0.25, -0.2) is 4.98 Å². The van der Waals surface area contributed by atoms with E-state index >= 15 is 0 Å². The largest absolute Gasteiger partial charge is 0.383 e. The Balaban J connectivity index is 1.48. The average molecular weight is 340 g/mol. The van der Waals surface area contributed by atoms with Gasteiger partial charge in [-0.3, -0.25) is 4.79 Å². The Labute approximate surface area is 136 Å². The number of aliphatic hydroxyl groups is 1. The number of aryl methyl sites for hydroxylation is 1. The number of alkyl halides is 2. The van der Waals surface area contributed by atoms with E-state index in [1.165, 1.54) is 0 Å².